The zero-order valence-electron chi connectivity index (χ0n) is 10.6. The predicted molar refractivity (Wildman–Crippen MR) is 71.4 cm³/mol. The van der Waals surface area contributed by atoms with E-state index in [2.05, 4.69) is 25.7 Å². The van der Waals surface area contributed by atoms with Crippen LogP contribution in [0.15, 0.2) is 30.2 Å². The van der Waals surface area contributed by atoms with Crippen molar-refractivity contribution in [3.05, 3.63) is 40.6 Å². The van der Waals surface area contributed by atoms with Crippen LogP contribution < -0.4 is 0 Å². The van der Waals surface area contributed by atoms with Crippen LogP contribution in [-0.4, -0.2) is 48.3 Å². The molecule has 20 heavy (non-hydrogen) atoms. The quantitative estimate of drug-likeness (QED) is 0.764. The molecular weight excluding hydrogens is 278 g/mol. The van der Waals surface area contributed by atoms with Crippen molar-refractivity contribution < 1.29 is 4.79 Å². The second-order valence-electron chi connectivity index (χ2n) is 4.16. The van der Waals surface area contributed by atoms with Gasteiger partial charge < -0.3 is 4.90 Å². The molecule has 9 heteroatoms. The van der Waals surface area contributed by atoms with Crippen molar-refractivity contribution in [2.75, 3.05) is 7.05 Å². The monoisotopic (exact) mass is 289 g/mol. The topological polar surface area (TPSA) is 92.6 Å². The minimum absolute atomic E-state index is 0.0771. The summed E-state index contributed by atoms with van der Waals surface area (Å²) in [7, 11) is 1.75. The lowest BCUT2D eigenvalue weighted by molar-refractivity contribution is 0.0790. The highest BCUT2D eigenvalue weighted by atomic mass is 32.1. The van der Waals surface area contributed by atoms with Crippen molar-refractivity contribution in [1.29, 1.82) is 0 Å². The second-order valence-corrected chi connectivity index (χ2v) is 5.07. The van der Waals surface area contributed by atoms with Gasteiger partial charge in [-0.05, 0) is 21.9 Å². The number of tetrazole rings is 1. The van der Waals surface area contributed by atoms with Gasteiger partial charge in [-0.3, -0.25) is 9.89 Å². The minimum atomic E-state index is -0.0771. The molecule has 0 unspecified atom stereocenters. The van der Waals surface area contributed by atoms with Gasteiger partial charge in [0.15, 0.2) is 0 Å². The summed E-state index contributed by atoms with van der Waals surface area (Å²) in [6.45, 7) is 0.488. The summed E-state index contributed by atoms with van der Waals surface area (Å²) in [6, 6.07) is 1.82. The molecule has 3 aromatic rings. The molecule has 0 fully saturated rings. The highest BCUT2D eigenvalue weighted by molar-refractivity contribution is 7.12. The molecule has 3 aromatic heterocycles. The fraction of sp³-hybridized carbons (Fsp3) is 0.182. The number of carbonyl (C=O) groups is 1. The van der Waals surface area contributed by atoms with Gasteiger partial charge in [0.1, 0.15) is 11.2 Å². The summed E-state index contributed by atoms with van der Waals surface area (Å²) in [4.78, 5) is 14.7. The molecule has 0 saturated carbocycles. The standard InChI is InChI=1S/C11H11N7OS/c1-17(6-8-4-12-13-5-8)11(19)10-9(2-3-20-10)18-7-14-15-16-18/h2-5,7H,6H2,1H3,(H,12,13). The van der Waals surface area contributed by atoms with Crippen LogP contribution in [0.2, 0.25) is 0 Å². The summed E-state index contributed by atoms with van der Waals surface area (Å²) in [6.07, 6.45) is 4.93. The number of amides is 1. The third-order valence-electron chi connectivity index (χ3n) is 2.76. The van der Waals surface area contributed by atoms with Gasteiger partial charge in [0.05, 0.1) is 11.9 Å². The molecule has 0 aliphatic heterocycles. The van der Waals surface area contributed by atoms with Crippen LogP contribution in [0.25, 0.3) is 5.69 Å². The van der Waals surface area contributed by atoms with Gasteiger partial charge in [0.2, 0.25) is 0 Å². The molecule has 0 aromatic carbocycles. The molecule has 0 atom stereocenters. The molecule has 0 aliphatic carbocycles. The molecule has 1 N–H and O–H groups in total. The average molecular weight is 289 g/mol. The first kappa shape index (κ1) is 12.5. The number of hydrogen-bond acceptors (Lipinski definition) is 6. The number of aromatic nitrogens is 6. The van der Waals surface area contributed by atoms with Crippen LogP contribution in [-0.2, 0) is 6.54 Å². The molecular formula is C11H11N7OS. The molecule has 3 rings (SSSR count). The van der Waals surface area contributed by atoms with Crippen LogP contribution in [0, 0.1) is 0 Å². The number of hydrogen-bond donors (Lipinski definition) is 1. The highest BCUT2D eigenvalue weighted by Gasteiger charge is 2.19. The van der Waals surface area contributed by atoms with E-state index in [1.54, 1.807) is 24.3 Å². The maximum Gasteiger partial charge on any atom is 0.266 e. The Hall–Kier alpha value is -2.55. The van der Waals surface area contributed by atoms with E-state index in [1.807, 2.05) is 11.4 Å². The Morgan fingerprint density at radius 1 is 1.55 bits per heavy atom. The fourth-order valence-electron chi connectivity index (χ4n) is 1.80. The lowest BCUT2D eigenvalue weighted by Crippen LogP contribution is -2.26. The van der Waals surface area contributed by atoms with E-state index in [9.17, 15) is 4.79 Å². The van der Waals surface area contributed by atoms with Crippen LogP contribution in [0.5, 0.6) is 0 Å². The van der Waals surface area contributed by atoms with Crippen molar-refractivity contribution in [2.24, 2.45) is 0 Å². The third kappa shape index (κ3) is 2.30. The summed E-state index contributed by atoms with van der Waals surface area (Å²) in [5.74, 6) is -0.0771. The third-order valence-corrected chi connectivity index (χ3v) is 3.65. The first-order valence-electron chi connectivity index (χ1n) is 5.79. The van der Waals surface area contributed by atoms with Gasteiger partial charge in [0.25, 0.3) is 5.91 Å². The molecule has 102 valence electrons. The van der Waals surface area contributed by atoms with Crippen molar-refractivity contribution in [3.8, 4) is 5.69 Å². The zero-order chi connectivity index (χ0) is 13.9. The fourth-order valence-corrected chi connectivity index (χ4v) is 2.67. The Labute approximate surface area is 118 Å². The van der Waals surface area contributed by atoms with Crippen molar-refractivity contribution in [2.45, 2.75) is 6.54 Å². The van der Waals surface area contributed by atoms with Gasteiger partial charge >= 0.3 is 0 Å². The van der Waals surface area contributed by atoms with Gasteiger partial charge in [-0.1, -0.05) is 0 Å². The van der Waals surface area contributed by atoms with Gasteiger partial charge in [-0.15, -0.1) is 16.4 Å². The molecule has 3 heterocycles. The molecule has 0 aliphatic rings. The summed E-state index contributed by atoms with van der Waals surface area (Å²) < 4.78 is 1.48. The molecule has 1 amide bonds. The maximum atomic E-state index is 12.5. The van der Waals surface area contributed by atoms with E-state index in [-0.39, 0.29) is 5.91 Å². The molecule has 0 spiro atoms. The Bertz CT molecular complexity index is 688. The highest BCUT2D eigenvalue weighted by Crippen LogP contribution is 2.22. The lowest BCUT2D eigenvalue weighted by Gasteiger charge is -2.15. The number of H-pyrrole nitrogens is 1. The van der Waals surface area contributed by atoms with E-state index >= 15 is 0 Å². The number of thiophene rings is 1. The second kappa shape index (κ2) is 5.21. The smallest absolute Gasteiger partial charge is 0.266 e. The van der Waals surface area contributed by atoms with Crippen LogP contribution in [0.3, 0.4) is 0 Å². The number of carbonyl (C=O) groups excluding carboxylic acids is 1. The van der Waals surface area contributed by atoms with E-state index in [0.29, 0.717) is 17.1 Å². The number of nitrogens with one attached hydrogen (secondary N) is 1. The SMILES string of the molecule is CN(Cc1cn[nH]c1)C(=O)c1sccc1-n1cnnn1. The van der Waals surface area contributed by atoms with Crippen molar-refractivity contribution in [3.63, 3.8) is 0 Å². The molecule has 0 saturated heterocycles. The summed E-state index contributed by atoms with van der Waals surface area (Å²) in [5, 5.41) is 19.4. The summed E-state index contributed by atoms with van der Waals surface area (Å²) in [5.41, 5.74) is 1.63. The largest absolute Gasteiger partial charge is 0.336 e. The minimum Gasteiger partial charge on any atom is -0.336 e. The molecule has 0 bridgehead atoms. The van der Waals surface area contributed by atoms with E-state index in [0.717, 1.165) is 5.56 Å². The van der Waals surface area contributed by atoms with E-state index in [4.69, 9.17) is 0 Å². The van der Waals surface area contributed by atoms with E-state index in [1.165, 1.54) is 22.3 Å². The van der Waals surface area contributed by atoms with Gasteiger partial charge in [-0.25, -0.2) is 0 Å². The first-order chi connectivity index (χ1) is 9.75. The molecule has 0 radical (unpaired) electrons. The van der Waals surface area contributed by atoms with Gasteiger partial charge in [-0.2, -0.15) is 9.78 Å². The Balaban J connectivity index is 1.82. The van der Waals surface area contributed by atoms with Crippen LogP contribution >= 0.6 is 11.3 Å². The normalized spacial score (nSPS) is 10.7. The summed E-state index contributed by atoms with van der Waals surface area (Å²) >= 11 is 1.37. The number of aromatic amines is 1. The lowest BCUT2D eigenvalue weighted by atomic mass is 10.3. The van der Waals surface area contributed by atoms with Crippen molar-refractivity contribution in [1.82, 2.24) is 35.3 Å². The predicted octanol–water partition coefficient (Wildman–Crippen LogP) is 0.719. The van der Waals surface area contributed by atoms with Crippen LogP contribution in [0.1, 0.15) is 15.2 Å². The Morgan fingerprint density at radius 3 is 3.15 bits per heavy atom. The Kier molecular flexibility index (Phi) is 3.25. The van der Waals surface area contributed by atoms with Crippen molar-refractivity contribution >= 4 is 17.2 Å². The average Bonchev–Trinajstić information content (AvgIpc) is 3.18. The van der Waals surface area contributed by atoms with E-state index < -0.39 is 0 Å². The Morgan fingerprint density at radius 2 is 2.45 bits per heavy atom. The maximum absolute atomic E-state index is 12.5. The number of rotatable bonds is 4. The van der Waals surface area contributed by atoms with Gasteiger partial charge in [0, 0.05) is 25.4 Å². The molecule has 8 nitrogen and oxygen atoms in total. The van der Waals surface area contributed by atoms with Crippen LogP contribution in [0.4, 0.5) is 0 Å². The first-order valence-corrected chi connectivity index (χ1v) is 6.67. The number of nitrogens with zero attached hydrogens (tertiary/aromatic N) is 6. The zero-order valence-corrected chi connectivity index (χ0v) is 11.4.